The molecule has 1 saturated heterocycles. The molecule has 2 heterocycles. The molecule has 128 valence electrons. The molecule has 0 bridgehead atoms. The minimum absolute atomic E-state index is 0.00112. The molecule has 6 nitrogen and oxygen atoms in total. The van der Waals surface area contributed by atoms with Crippen molar-refractivity contribution in [1.82, 2.24) is 25.1 Å². The first kappa shape index (κ1) is 16.5. The second kappa shape index (κ2) is 7.07. The van der Waals surface area contributed by atoms with Gasteiger partial charge in [0.25, 0.3) is 0 Å². The van der Waals surface area contributed by atoms with Crippen molar-refractivity contribution in [2.45, 2.75) is 39.2 Å². The number of amides is 1. The van der Waals surface area contributed by atoms with Gasteiger partial charge in [0, 0.05) is 19.5 Å². The van der Waals surface area contributed by atoms with Gasteiger partial charge in [-0.1, -0.05) is 19.1 Å². The third kappa shape index (κ3) is 3.60. The van der Waals surface area contributed by atoms with Crippen molar-refractivity contribution in [3.8, 4) is 0 Å². The first-order chi connectivity index (χ1) is 11.5. The number of halogens is 1. The molecule has 1 amide bonds. The van der Waals surface area contributed by atoms with Crippen LogP contribution in [0, 0.1) is 18.7 Å². The lowest BCUT2D eigenvalue weighted by Crippen LogP contribution is -2.44. The predicted octanol–water partition coefficient (Wildman–Crippen LogP) is 2.16. The highest BCUT2D eigenvalue weighted by Gasteiger charge is 2.31. The Bertz CT molecular complexity index is 717. The van der Waals surface area contributed by atoms with E-state index < -0.39 is 6.04 Å². The van der Waals surface area contributed by atoms with Crippen LogP contribution in [0.5, 0.6) is 0 Å². The van der Waals surface area contributed by atoms with E-state index in [0.717, 1.165) is 31.5 Å². The number of hydrogen-bond donors (Lipinski definition) is 0. The zero-order chi connectivity index (χ0) is 17.1. The molecule has 1 aliphatic rings. The van der Waals surface area contributed by atoms with E-state index in [2.05, 4.69) is 22.4 Å². The molecule has 0 unspecified atom stereocenters. The van der Waals surface area contributed by atoms with Gasteiger partial charge >= 0.3 is 0 Å². The van der Waals surface area contributed by atoms with Gasteiger partial charge in [-0.25, -0.2) is 9.07 Å². The van der Waals surface area contributed by atoms with Crippen molar-refractivity contribution in [1.29, 1.82) is 0 Å². The molecule has 1 aromatic carbocycles. The molecule has 2 aromatic rings. The van der Waals surface area contributed by atoms with Crippen LogP contribution in [0.25, 0.3) is 0 Å². The molecule has 0 saturated carbocycles. The van der Waals surface area contributed by atoms with Gasteiger partial charge in [0.2, 0.25) is 5.91 Å². The van der Waals surface area contributed by atoms with Crippen LogP contribution in [-0.2, 0) is 11.2 Å². The summed E-state index contributed by atoms with van der Waals surface area (Å²) in [5.74, 6) is 0.766. The highest BCUT2D eigenvalue weighted by Crippen LogP contribution is 2.22. The molecule has 1 aromatic heterocycles. The zero-order valence-electron chi connectivity index (χ0n) is 14.0. The Morgan fingerprint density at radius 3 is 2.96 bits per heavy atom. The molecule has 2 atom stereocenters. The van der Waals surface area contributed by atoms with Crippen molar-refractivity contribution in [2.75, 3.05) is 13.1 Å². The number of hydrogen-bond acceptors (Lipinski definition) is 4. The lowest BCUT2D eigenvalue weighted by molar-refractivity contribution is -0.136. The van der Waals surface area contributed by atoms with Crippen LogP contribution in [0.2, 0.25) is 0 Å². The quantitative estimate of drug-likeness (QED) is 0.861. The van der Waals surface area contributed by atoms with Crippen molar-refractivity contribution in [3.63, 3.8) is 0 Å². The summed E-state index contributed by atoms with van der Waals surface area (Å²) in [5, 5.41) is 11.5. The Hall–Kier alpha value is -2.31. The summed E-state index contributed by atoms with van der Waals surface area (Å²) >= 11 is 0. The van der Waals surface area contributed by atoms with E-state index in [1.807, 2.05) is 11.0 Å². The fourth-order valence-electron chi connectivity index (χ4n) is 3.29. The van der Waals surface area contributed by atoms with E-state index in [9.17, 15) is 9.18 Å². The molecule has 0 spiro atoms. The number of nitrogens with zero attached hydrogens (tertiary/aromatic N) is 5. The van der Waals surface area contributed by atoms with Gasteiger partial charge in [0.1, 0.15) is 17.7 Å². The average Bonchev–Trinajstić information content (AvgIpc) is 2.98. The fourth-order valence-corrected chi connectivity index (χ4v) is 3.29. The third-order valence-corrected chi connectivity index (χ3v) is 4.52. The fraction of sp³-hybridized carbons (Fsp3) is 0.529. The maximum Gasteiger partial charge on any atom is 0.247 e. The van der Waals surface area contributed by atoms with Crippen molar-refractivity contribution in [3.05, 3.63) is 41.5 Å². The minimum Gasteiger partial charge on any atom is -0.341 e. The standard InChI is InChI=1S/C17H22FN5O/c1-12-5-4-8-22(11-12)17(24)16(23-13(2)19-20-21-23)10-14-6-3-7-15(18)9-14/h3,6-7,9,12,16H,4-5,8,10-11H2,1-2H3/t12-,16+/m0/s1. The molecule has 0 aliphatic carbocycles. The van der Waals surface area contributed by atoms with Gasteiger partial charge in [0.05, 0.1) is 0 Å². The number of piperidine rings is 1. The Morgan fingerprint density at radius 2 is 2.29 bits per heavy atom. The minimum atomic E-state index is -0.549. The van der Waals surface area contributed by atoms with E-state index >= 15 is 0 Å². The van der Waals surface area contributed by atoms with Crippen LogP contribution in [0.4, 0.5) is 4.39 Å². The van der Waals surface area contributed by atoms with Crippen LogP contribution in [0.1, 0.15) is 37.2 Å². The highest BCUT2D eigenvalue weighted by atomic mass is 19.1. The summed E-state index contributed by atoms with van der Waals surface area (Å²) in [6, 6.07) is 5.78. The van der Waals surface area contributed by atoms with Crippen LogP contribution < -0.4 is 0 Å². The Labute approximate surface area is 140 Å². The van der Waals surface area contributed by atoms with E-state index in [1.54, 1.807) is 17.7 Å². The van der Waals surface area contributed by atoms with Crippen molar-refractivity contribution >= 4 is 5.91 Å². The van der Waals surface area contributed by atoms with Crippen LogP contribution in [0.3, 0.4) is 0 Å². The summed E-state index contributed by atoms with van der Waals surface area (Å²) in [6.45, 7) is 5.43. The van der Waals surface area contributed by atoms with Crippen LogP contribution >= 0.6 is 0 Å². The van der Waals surface area contributed by atoms with Gasteiger partial charge in [-0.15, -0.1) is 5.10 Å². The lowest BCUT2D eigenvalue weighted by atomic mass is 9.98. The zero-order valence-corrected chi connectivity index (χ0v) is 14.0. The first-order valence-corrected chi connectivity index (χ1v) is 8.32. The normalized spacial score (nSPS) is 19.3. The molecule has 0 N–H and O–H groups in total. The second-order valence-corrected chi connectivity index (χ2v) is 6.55. The van der Waals surface area contributed by atoms with Gasteiger partial charge in [-0.3, -0.25) is 4.79 Å². The van der Waals surface area contributed by atoms with Gasteiger partial charge < -0.3 is 4.90 Å². The highest BCUT2D eigenvalue weighted by molar-refractivity contribution is 5.80. The first-order valence-electron chi connectivity index (χ1n) is 8.32. The number of rotatable bonds is 4. The Kier molecular flexibility index (Phi) is 4.87. The molecular weight excluding hydrogens is 309 g/mol. The van der Waals surface area contributed by atoms with E-state index in [4.69, 9.17) is 0 Å². The number of tetrazole rings is 1. The third-order valence-electron chi connectivity index (χ3n) is 4.52. The van der Waals surface area contributed by atoms with Crippen LogP contribution in [0.15, 0.2) is 24.3 Å². The molecule has 3 rings (SSSR count). The average molecular weight is 331 g/mol. The topological polar surface area (TPSA) is 63.9 Å². The van der Waals surface area contributed by atoms with Gasteiger partial charge in [-0.2, -0.15) is 0 Å². The van der Waals surface area contributed by atoms with Crippen molar-refractivity contribution in [2.24, 2.45) is 5.92 Å². The number of aryl methyl sites for hydroxylation is 1. The van der Waals surface area contributed by atoms with E-state index in [-0.39, 0.29) is 11.7 Å². The molecule has 1 aliphatic heterocycles. The van der Waals surface area contributed by atoms with E-state index in [0.29, 0.717) is 18.2 Å². The summed E-state index contributed by atoms with van der Waals surface area (Å²) in [5.41, 5.74) is 0.758. The summed E-state index contributed by atoms with van der Waals surface area (Å²) in [4.78, 5) is 15.0. The maximum atomic E-state index is 13.5. The molecule has 7 heteroatoms. The van der Waals surface area contributed by atoms with Crippen molar-refractivity contribution < 1.29 is 9.18 Å². The summed E-state index contributed by atoms with van der Waals surface area (Å²) in [7, 11) is 0. The maximum absolute atomic E-state index is 13.5. The SMILES string of the molecule is Cc1nnnn1[C@H](Cc1cccc(F)c1)C(=O)N1CCC[C@H](C)C1. The van der Waals surface area contributed by atoms with Gasteiger partial charge in [-0.05, 0) is 53.8 Å². The summed E-state index contributed by atoms with van der Waals surface area (Å²) in [6.07, 6.45) is 2.52. The number of aromatic nitrogens is 4. The molecular formula is C17H22FN5O. The molecule has 24 heavy (non-hydrogen) atoms. The van der Waals surface area contributed by atoms with E-state index in [1.165, 1.54) is 12.1 Å². The molecule has 1 fully saturated rings. The lowest BCUT2D eigenvalue weighted by Gasteiger charge is -2.33. The number of likely N-dealkylation sites (tertiary alicyclic amines) is 1. The number of carbonyl (C=O) groups is 1. The predicted molar refractivity (Wildman–Crippen MR) is 86.7 cm³/mol. The Balaban J connectivity index is 1.87. The second-order valence-electron chi connectivity index (χ2n) is 6.55. The van der Waals surface area contributed by atoms with Crippen LogP contribution in [-0.4, -0.2) is 44.1 Å². The Morgan fingerprint density at radius 1 is 1.46 bits per heavy atom. The summed E-state index contributed by atoms with van der Waals surface area (Å²) < 4.78 is 15.1. The smallest absolute Gasteiger partial charge is 0.247 e. The largest absolute Gasteiger partial charge is 0.341 e. The number of carbonyl (C=O) groups excluding carboxylic acids is 1. The monoisotopic (exact) mass is 331 g/mol. The molecule has 0 radical (unpaired) electrons. The number of benzene rings is 1. The van der Waals surface area contributed by atoms with Gasteiger partial charge in [0.15, 0.2) is 0 Å².